The first-order valence-corrected chi connectivity index (χ1v) is 3.78. The molecule has 0 aliphatic heterocycles. The highest BCUT2D eigenvalue weighted by Gasteiger charge is 2.09. The lowest BCUT2D eigenvalue weighted by Gasteiger charge is -2.16. The summed E-state index contributed by atoms with van der Waals surface area (Å²) in [6.45, 7) is 6.36. The molecule has 0 heterocycles. The van der Waals surface area contributed by atoms with Crippen molar-refractivity contribution in [2.24, 2.45) is 5.92 Å². The van der Waals surface area contributed by atoms with Crippen molar-refractivity contribution in [3.05, 3.63) is 0 Å². The summed E-state index contributed by atoms with van der Waals surface area (Å²) in [5.74, 6) is 0.564. The van der Waals surface area contributed by atoms with Gasteiger partial charge in [-0.25, -0.2) is 0 Å². The van der Waals surface area contributed by atoms with E-state index in [0.717, 1.165) is 6.42 Å². The van der Waals surface area contributed by atoms with E-state index in [2.05, 4.69) is 33.0 Å². The van der Waals surface area contributed by atoms with E-state index < -0.39 is 0 Å². The van der Waals surface area contributed by atoms with Gasteiger partial charge in [0.05, 0.1) is 0 Å². The van der Waals surface area contributed by atoms with E-state index in [1.807, 2.05) is 0 Å². The predicted octanol–water partition coefficient (Wildman–Crippen LogP) is 2.39. The van der Waals surface area contributed by atoms with Crippen LogP contribution in [-0.2, 0) is 4.74 Å². The van der Waals surface area contributed by atoms with Gasteiger partial charge in [-0.1, -0.05) is 20.8 Å². The van der Waals surface area contributed by atoms with Gasteiger partial charge >= 0.3 is 0 Å². The third-order valence-corrected chi connectivity index (χ3v) is 1.49. The monoisotopic (exact) mass is 146 g/mol. The maximum Gasteiger partial charge on any atom is 0.146 e. The zero-order valence-corrected chi connectivity index (χ0v) is 7.07. The first-order valence-electron chi connectivity index (χ1n) is 3.31. The van der Waals surface area contributed by atoms with Gasteiger partial charge in [-0.05, 0) is 24.6 Å². The number of hydrogen-bond acceptors (Lipinski definition) is 2. The average Bonchev–Trinajstić information content (AvgIpc) is 1.82. The largest absolute Gasteiger partial charge is 0.486 e. The van der Waals surface area contributed by atoms with E-state index in [1.54, 1.807) is 0 Å². The molecule has 54 valence electrons. The van der Waals surface area contributed by atoms with Crippen LogP contribution in [0.15, 0.2) is 0 Å². The van der Waals surface area contributed by atoms with E-state index in [4.69, 9.17) is 4.74 Å². The molecular formula is C7H14OS. The number of rotatable bonds is 4. The Balaban J connectivity index is 3.53. The van der Waals surface area contributed by atoms with Gasteiger partial charge in [0.15, 0.2) is 0 Å². The van der Waals surface area contributed by atoms with Crippen molar-refractivity contribution >= 4 is 17.8 Å². The zero-order chi connectivity index (χ0) is 7.28. The molecule has 0 aromatic rings. The first-order chi connectivity index (χ1) is 4.22. The molecule has 2 heteroatoms. The lowest BCUT2D eigenvalue weighted by molar-refractivity contribution is 0.148. The fourth-order valence-corrected chi connectivity index (χ4v) is 0.939. The minimum absolute atomic E-state index is 0.308. The van der Waals surface area contributed by atoms with Gasteiger partial charge in [-0.15, -0.1) is 0 Å². The lowest BCUT2D eigenvalue weighted by Crippen LogP contribution is -2.17. The van der Waals surface area contributed by atoms with Crippen LogP contribution in [0.25, 0.3) is 0 Å². The molecular weight excluding hydrogens is 132 g/mol. The molecule has 9 heavy (non-hydrogen) atoms. The van der Waals surface area contributed by atoms with Crippen LogP contribution in [0.2, 0.25) is 0 Å². The Hall–Kier alpha value is -0.110. The average molecular weight is 146 g/mol. The molecule has 0 saturated heterocycles. The Kier molecular flexibility index (Phi) is 4.68. The highest BCUT2D eigenvalue weighted by molar-refractivity contribution is 7.78. The van der Waals surface area contributed by atoms with Crippen LogP contribution >= 0.6 is 12.2 Å². The molecule has 0 spiro atoms. The van der Waals surface area contributed by atoms with Gasteiger partial charge in [0.1, 0.15) is 11.7 Å². The molecule has 0 aliphatic rings. The number of ether oxygens (including phenoxy) is 1. The molecule has 0 radical (unpaired) electrons. The van der Waals surface area contributed by atoms with Crippen LogP contribution in [0, 0.1) is 5.92 Å². The van der Waals surface area contributed by atoms with Crippen LogP contribution in [0.3, 0.4) is 0 Å². The molecule has 0 N–H and O–H groups in total. The molecule has 0 aromatic carbocycles. The quantitative estimate of drug-likeness (QED) is 0.563. The van der Waals surface area contributed by atoms with Crippen molar-refractivity contribution in [1.82, 2.24) is 0 Å². The van der Waals surface area contributed by atoms with Crippen LogP contribution in [0.1, 0.15) is 27.2 Å². The van der Waals surface area contributed by atoms with Crippen molar-refractivity contribution in [1.29, 1.82) is 0 Å². The Bertz CT molecular complexity index is 81.0. The zero-order valence-electron chi connectivity index (χ0n) is 6.26. The second-order valence-electron chi connectivity index (χ2n) is 2.42. The summed E-state index contributed by atoms with van der Waals surface area (Å²) in [4.78, 5) is 0. The van der Waals surface area contributed by atoms with Gasteiger partial charge in [0.25, 0.3) is 0 Å². The van der Waals surface area contributed by atoms with Gasteiger partial charge in [-0.2, -0.15) is 0 Å². The smallest absolute Gasteiger partial charge is 0.146 e. The summed E-state index contributed by atoms with van der Waals surface area (Å²) in [6, 6.07) is 0. The summed E-state index contributed by atoms with van der Waals surface area (Å²) >= 11 is 4.57. The van der Waals surface area contributed by atoms with Crippen LogP contribution in [-0.4, -0.2) is 11.7 Å². The maximum atomic E-state index is 5.14. The summed E-state index contributed by atoms with van der Waals surface area (Å²) < 4.78 is 5.14. The van der Waals surface area contributed by atoms with Crippen molar-refractivity contribution in [3.63, 3.8) is 0 Å². The molecule has 0 aromatic heterocycles. The second-order valence-corrected chi connectivity index (χ2v) is 2.62. The van der Waals surface area contributed by atoms with Gasteiger partial charge < -0.3 is 4.74 Å². The highest BCUT2D eigenvalue weighted by Crippen LogP contribution is 2.08. The van der Waals surface area contributed by atoms with Crippen LogP contribution in [0.5, 0.6) is 0 Å². The van der Waals surface area contributed by atoms with Crippen molar-refractivity contribution in [2.45, 2.75) is 33.3 Å². The van der Waals surface area contributed by atoms with Crippen molar-refractivity contribution in [3.8, 4) is 0 Å². The van der Waals surface area contributed by atoms with Gasteiger partial charge in [-0.3, -0.25) is 0 Å². The lowest BCUT2D eigenvalue weighted by atomic mass is 10.1. The molecule has 1 atom stereocenters. The SMILES string of the molecule is CCC(OC=S)C(C)C. The second kappa shape index (κ2) is 4.74. The van der Waals surface area contributed by atoms with Crippen molar-refractivity contribution < 1.29 is 4.74 Å². The van der Waals surface area contributed by atoms with Crippen LogP contribution in [0.4, 0.5) is 0 Å². The summed E-state index contributed by atoms with van der Waals surface area (Å²) in [6.07, 6.45) is 1.34. The predicted molar refractivity (Wildman–Crippen MR) is 43.7 cm³/mol. The fourth-order valence-electron chi connectivity index (χ4n) is 0.796. The van der Waals surface area contributed by atoms with E-state index in [1.165, 1.54) is 5.55 Å². The minimum atomic E-state index is 0.308. The fraction of sp³-hybridized carbons (Fsp3) is 0.857. The van der Waals surface area contributed by atoms with Gasteiger partial charge in [0.2, 0.25) is 0 Å². The molecule has 0 fully saturated rings. The Labute approximate surface area is 62.4 Å². The summed E-state index contributed by atoms with van der Waals surface area (Å²) in [7, 11) is 0. The molecule has 1 nitrogen and oxygen atoms in total. The first kappa shape index (κ1) is 8.89. The Morgan fingerprint density at radius 2 is 2.11 bits per heavy atom. The Morgan fingerprint density at radius 1 is 1.56 bits per heavy atom. The standard InChI is InChI=1S/C7H14OS/c1-4-7(6(2)3)8-5-9/h5-7H,4H2,1-3H3. The normalized spacial score (nSPS) is 13.3. The molecule has 0 rings (SSSR count). The highest BCUT2D eigenvalue weighted by atomic mass is 32.1. The van der Waals surface area contributed by atoms with Crippen molar-refractivity contribution in [2.75, 3.05) is 0 Å². The van der Waals surface area contributed by atoms with E-state index in [0.29, 0.717) is 12.0 Å². The van der Waals surface area contributed by atoms with E-state index in [-0.39, 0.29) is 0 Å². The van der Waals surface area contributed by atoms with Gasteiger partial charge in [0, 0.05) is 0 Å². The summed E-state index contributed by atoms with van der Waals surface area (Å²) in [5.41, 5.74) is 1.36. The van der Waals surface area contributed by atoms with Crippen LogP contribution < -0.4 is 0 Å². The minimum Gasteiger partial charge on any atom is -0.486 e. The molecule has 1 unspecified atom stereocenters. The number of hydrogen-bond donors (Lipinski definition) is 0. The topological polar surface area (TPSA) is 9.23 Å². The molecule has 0 aliphatic carbocycles. The van der Waals surface area contributed by atoms with E-state index >= 15 is 0 Å². The third kappa shape index (κ3) is 3.46. The maximum absolute atomic E-state index is 5.14. The molecule has 0 saturated carbocycles. The van der Waals surface area contributed by atoms with E-state index in [9.17, 15) is 0 Å². The third-order valence-electron chi connectivity index (χ3n) is 1.38. The summed E-state index contributed by atoms with van der Waals surface area (Å²) in [5, 5.41) is 0. The Morgan fingerprint density at radius 3 is 2.22 bits per heavy atom. The molecule has 0 bridgehead atoms. The molecule has 0 amide bonds. The number of thiocarbonyl (C=S) groups is 1.